The van der Waals surface area contributed by atoms with Crippen LogP contribution in [0.2, 0.25) is 0 Å². The van der Waals surface area contributed by atoms with Gasteiger partial charge < -0.3 is 20.1 Å². The smallest absolute Gasteiger partial charge is 0.266 e. The Morgan fingerprint density at radius 2 is 0.979 bits per heavy atom. The summed E-state index contributed by atoms with van der Waals surface area (Å²) in [5.41, 5.74) is 6.62. The predicted molar refractivity (Wildman–Crippen MR) is 181 cm³/mol. The molecule has 0 atom stereocenters. The van der Waals surface area contributed by atoms with Crippen molar-refractivity contribution >= 4 is 20.2 Å². The fraction of sp³-hybridized carbons (Fsp3) is 0.294. The van der Waals surface area contributed by atoms with E-state index in [2.05, 4.69) is 10.6 Å². The monoisotopic (exact) mass is 704 g/mol. The zero-order valence-corrected chi connectivity index (χ0v) is 28.6. The molecule has 0 fully saturated rings. The van der Waals surface area contributed by atoms with E-state index < -0.39 is 43.4 Å². The van der Waals surface area contributed by atoms with Gasteiger partial charge in [0, 0.05) is 37.3 Å². The maximum absolute atomic E-state index is 15.4. The molecule has 4 N–H and O–H groups in total. The number of rotatable bonds is 15. The summed E-state index contributed by atoms with van der Waals surface area (Å²) < 4.78 is 104. The summed E-state index contributed by atoms with van der Waals surface area (Å²) in [5.74, 6) is -1.54. The van der Waals surface area contributed by atoms with Gasteiger partial charge >= 0.3 is 0 Å². The fourth-order valence-electron chi connectivity index (χ4n) is 5.55. The molecule has 0 bridgehead atoms. The first kappa shape index (κ1) is 36.9. The molecule has 0 aliphatic heterocycles. The summed E-state index contributed by atoms with van der Waals surface area (Å²) in [6.07, 6.45) is 0. The van der Waals surface area contributed by atoms with Crippen LogP contribution in [0.5, 0.6) is 11.5 Å². The number of nitrogens with one attached hydrogen (secondary N) is 2. The second-order valence-corrected chi connectivity index (χ2v) is 14.3. The molecule has 0 aliphatic rings. The Morgan fingerprint density at radius 3 is 1.31 bits per heavy atom. The van der Waals surface area contributed by atoms with Gasteiger partial charge in [-0.3, -0.25) is 9.11 Å². The van der Waals surface area contributed by atoms with Crippen LogP contribution in [0, 0.1) is 25.5 Å². The van der Waals surface area contributed by atoms with Gasteiger partial charge in [-0.1, -0.05) is 36.4 Å². The maximum Gasteiger partial charge on any atom is 0.266 e. The molecule has 0 amide bonds. The van der Waals surface area contributed by atoms with E-state index in [4.69, 9.17) is 18.6 Å². The molecule has 258 valence electrons. The lowest BCUT2D eigenvalue weighted by Gasteiger charge is -2.19. The maximum atomic E-state index is 15.4. The van der Waals surface area contributed by atoms with Crippen molar-refractivity contribution in [3.63, 3.8) is 0 Å². The van der Waals surface area contributed by atoms with Gasteiger partial charge in [0.1, 0.15) is 23.1 Å². The van der Waals surface area contributed by atoms with Crippen molar-refractivity contribution in [3.05, 3.63) is 94.6 Å². The van der Waals surface area contributed by atoms with Crippen LogP contribution in [0.25, 0.3) is 33.4 Å². The van der Waals surface area contributed by atoms with Crippen molar-refractivity contribution in [1.29, 1.82) is 0 Å². The number of hydrogen-bond donors (Lipinski definition) is 4. The molecule has 0 saturated heterocycles. The normalized spacial score (nSPS) is 11.9. The molecule has 0 heterocycles. The Hall–Kier alpha value is -3.92. The lowest BCUT2D eigenvalue weighted by molar-refractivity contribution is 0.402. The minimum atomic E-state index is -4.15. The van der Waals surface area contributed by atoms with Crippen molar-refractivity contribution in [2.75, 3.05) is 38.8 Å². The highest BCUT2D eigenvalue weighted by molar-refractivity contribution is 7.86. The van der Waals surface area contributed by atoms with Gasteiger partial charge in [-0.05, 0) is 82.6 Å². The zero-order chi connectivity index (χ0) is 35.2. The highest BCUT2D eigenvalue weighted by atomic mass is 32.2. The summed E-state index contributed by atoms with van der Waals surface area (Å²) in [6.45, 7) is 3.71. The van der Waals surface area contributed by atoms with Gasteiger partial charge in [-0.15, -0.1) is 0 Å². The highest BCUT2D eigenvalue weighted by Crippen LogP contribution is 2.39. The first-order valence-corrected chi connectivity index (χ1v) is 18.1. The van der Waals surface area contributed by atoms with E-state index >= 15 is 8.78 Å². The summed E-state index contributed by atoms with van der Waals surface area (Å²) in [6, 6.07) is 17.6. The third kappa shape index (κ3) is 9.15. The van der Waals surface area contributed by atoms with E-state index in [-0.39, 0.29) is 48.8 Å². The van der Waals surface area contributed by atoms with Crippen molar-refractivity contribution < 1.29 is 44.2 Å². The van der Waals surface area contributed by atoms with Crippen molar-refractivity contribution in [3.8, 4) is 44.9 Å². The summed E-state index contributed by atoms with van der Waals surface area (Å²) in [5, 5.41) is 5.62. The highest BCUT2D eigenvalue weighted by Gasteiger charge is 2.19. The largest absolute Gasteiger partial charge is 0.496 e. The molecule has 4 aromatic rings. The molecule has 4 rings (SSSR count). The standard InChI is InChI=1S/C34H38F2N2O8S2/c1-21-25(23-15-31(35)29(33(17-23)45-3)19-37-11-13-47(39,40)41)7-5-9-27(21)28-10-6-8-26(22(28)2)24-16-32(36)30(34(18-24)46-4)20-38-12-14-48(42,43)44/h5-10,15-18,37-38H,11-14,19-20H2,1-4H3,(H,39,40,41)(H,42,43,44). The molecule has 48 heavy (non-hydrogen) atoms. The van der Waals surface area contributed by atoms with Gasteiger partial charge in [-0.25, -0.2) is 8.78 Å². The van der Waals surface area contributed by atoms with Crippen molar-refractivity contribution in [1.82, 2.24) is 10.6 Å². The molecule has 10 nitrogen and oxygen atoms in total. The average molecular weight is 705 g/mol. The van der Waals surface area contributed by atoms with Gasteiger partial charge in [-0.2, -0.15) is 16.8 Å². The van der Waals surface area contributed by atoms with Gasteiger partial charge in [0.05, 0.1) is 25.7 Å². The van der Waals surface area contributed by atoms with Crippen LogP contribution in [0.4, 0.5) is 8.78 Å². The third-order valence-corrected chi connectivity index (χ3v) is 9.45. The Labute approximate surface area is 279 Å². The molecule has 0 aliphatic carbocycles. The van der Waals surface area contributed by atoms with Crippen LogP contribution < -0.4 is 20.1 Å². The summed E-state index contributed by atoms with van der Waals surface area (Å²) in [4.78, 5) is 0. The van der Waals surface area contributed by atoms with Crippen LogP contribution in [0.3, 0.4) is 0 Å². The lowest BCUT2D eigenvalue weighted by Crippen LogP contribution is -2.23. The summed E-state index contributed by atoms with van der Waals surface area (Å²) in [7, 11) is -5.46. The molecule has 4 aromatic carbocycles. The molecule has 0 aromatic heterocycles. The van der Waals surface area contributed by atoms with E-state index in [1.54, 1.807) is 12.1 Å². The van der Waals surface area contributed by atoms with Crippen molar-refractivity contribution in [2.24, 2.45) is 0 Å². The Kier molecular flexibility index (Phi) is 11.9. The molecule has 0 unspecified atom stereocenters. The summed E-state index contributed by atoms with van der Waals surface area (Å²) >= 11 is 0. The van der Waals surface area contributed by atoms with Crippen LogP contribution >= 0.6 is 0 Å². The van der Waals surface area contributed by atoms with Crippen LogP contribution in [0.15, 0.2) is 60.7 Å². The Morgan fingerprint density at radius 1 is 0.625 bits per heavy atom. The molecular formula is C34H38F2N2O8S2. The Balaban J connectivity index is 1.66. The van der Waals surface area contributed by atoms with E-state index in [0.717, 1.165) is 33.4 Å². The van der Waals surface area contributed by atoms with Gasteiger partial charge in [0.2, 0.25) is 0 Å². The van der Waals surface area contributed by atoms with E-state index in [9.17, 15) is 16.8 Å². The van der Waals surface area contributed by atoms with Crippen molar-refractivity contribution in [2.45, 2.75) is 26.9 Å². The lowest BCUT2D eigenvalue weighted by atomic mass is 9.87. The molecule has 0 saturated carbocycles. The first-order valence-electron chi connectivity index (χ1n) is 14.9. The van der Waals surface area contributed by atoms with Gasteiger partial charge in [0.25, 0.3) is 20.2 Å². The SMILES string of the molecule is COc1cc(-c2cccc(-c3cccc(-c4cc(F)c(CNCCS(=O)(=O)O)c(OC)c4)c3C)c2C)cc(F)c1CNCCS(=O)(=O)O. The van der Waals surface area contributed by atoms with E-state index in [1.165, 1.54) is 26.4 Å². The molecule has 0 radical (unpaired) electrons. The Bertz CT molecular complexity index is 1880. The number of ether oxygens (including phenoxy) is 2. The third-order valence-electron chi connectivity index (χ3n) is 8.01. The fourth-order valence-corrected chi connectivity index (χ4v) is 6.36. The van der Waals surface area contributed by atoms with Crippen LogP contribution in [-0.4, -0.2) is 64.8 Å². The zero-order valence-electron chi connectivity index (χ0n) is 26.9. The number of halogens is 2. The molecule has 14 heteroatoms. The molecule has 0 spiro atoms. The second kappa shape index (κ2) is 15.5. The van der Waals surface area contributed by atoms with Gasteiger partial charge in [0.15, 0.2) is 0 Å². The van der Waals surface area contributed by atoms with Crippen LogP contribution in [0.1, 0.15) is 22.3 Å². The topological polar surface area (TPSA) is 151 Å². The molecular weight excluding hydrogens is 667 g/mol. The van der Waals surface area contributed by atoms with E-state index in [0.29, 0.717) is 11.1 Å². The van der Waals surface area contributed by atoms with E-state index in [1.807, 2.05) is 50.2 Å². The quantitative estimate of drug-likeness (QED) is 0.0916. The number of hydrogen-bond acceptors (Lipinski definition) is 8. The predicted octanol–water partition coefficient (Wildman–Crippen LogP) is 5.55. The number of benzene rings is 4. The number of methoxy groups -OCH3 is 2. The average Bonchev–Trinajstić information content (AvgIpc) is 3.01. The minimum absolute atomic E-state index is 0.00721. The second-order valence-electron chi connectivity index (χ2n) is 11.2. The minimum Gasteiger partial charge on any atom is -0.496 e. The van der Waals surface area contributed by atoms with Crippen LogP contribution in [-0.2, 0) is 33.3 Å². The first-order chi connectivity index (χ1) is 22.6.